The van der Waals surface area contributed by atoms with E-state index in [1.54, 1.807) is 0 Å². The van der Waals surface area contributed by atoms with Crippen molar-refractivity contribution in [3.8, 4) is 0 Å². The van der Waals surface area contributed by atoms with Crippen molar-refractivity contribution in [3.05, 3.63) is 5.51 Å². The van der Waals surface area contributed by atoms with Gasteiger partial charge < -0.3 is 10.6 Å². The zero-order chi connectivity index (χ0) is 8.10. The average molecular weight is 171 g/mol. The van der Waals surface area contributed by atoms with Crippen molar-refractivity contribution in [2.24, 2.45) is 0 Å². The van der Waals surface area contributed by atoms with Gasteiger partial charge in [0.15, 0.2) is 5.82 Å². The second kappa shape index (κ2) is 3.67. The van der Waals surface area contributed by atoms with Gasteiger partial charge in [0.1, 0.15) is 5.00 Å². The molecule has 0 aliphatic heterocycles. The molecule has 1 heterocycles. The number of nitrogens with one attached hydrogen (secondary N) is 2. The largest absolute Gasteiger partial charge is 0.317 e. The summed E-state index contributed by atoms with van der Waals surface area (Å²) >= 11 is 1.24. The molecule has 1 aromatic heterocycles. The smallest absolute Gasteiger partial charge is 0.212 e. The Morgan fingerprint density at radius 1 is 1.36 bits per heavy atom. The fourth-order valence-corrected chi connectivity index (χ4v) is 1.16. The van der Waals surface area contributed by atoms with E-state index in [2.05, 4.69) is 15.6 Å². The Bertz CT molecular complexity index is 235. The quantitative estimate of drug-likeness (QED) is 0.639. The van der Waals surface area contributed by atoms with E-state index in [1.807, 2.05) is 0 Å². The van der Waals surface area contributed by atoms with Gasteiger partial charge in [-0.05, 0) is 0 Å². The molecule has 0 fully saturated rings. The molecule has 1 rings (SSSR count). The summed E-state index contributed by atoms with van der Waals surface area (Å²) in [6.07, 6.45) is 1.04. The van der Waals surface area contributed by atoms with E-state index in [0.29, 0.717) is 23.6 Å². The van der Waals surface area contributed by atoms with Gasteiger partial charge in [-0.3, -0.25) is 9.59 Å². The van der Waals surface area contributed by atoms with Gasteiger partial charge in [0, 0.05) is 0 Å². The maximum atomic E-state index is 9.98. The van der Waals surface area contributed by atoms with E-state index in [-0.39, 0.29) is 0 Å². The summed E-state index contributed by atoms with van der Waals surface area (Å²) in [6.45, 7) is 0. The van der Waals surface area contributed by atoms with E-state index in [9.17, 15) is 9.59 Å². The molecule has 2 amide bonds. The van der Waals surface area contributed by atoms with Crippen molar-refractivity contribution < 1.29 is 9.59 Å². The van der Waals surface area contributed by atoms with Gasteiger partial charge in [-0.1, -0.05) is 0 Å². The normalized spacial score (nSPS) is 8.73. The molecule has 0 unspecified atom stereocenters. The highest BCUT2D eigenvalue weighted by Gasteiger charge is 2.02. The fraction of sp³-hybridized carbons (Fsp3) is 0. The van der Waals surface area contributed by atoms with Crippen LogP contribution < -0.4 is 10.6 Å². The molecule has 5 nitrogen and oxygen atoms in total. The molecular weight excluding hydrogens is 166 g/mol. The molecule has 0 saturated heterocycles. The minimum atomic E-state index is 0.372. The summed E-state index contributed by atoms with van der Waals surface area (Å²) in [6, 6.07) is 0. The molecule has 0 radical (unpaired) electrons. The summed E-state index contributed by atoms with van der Waals surface area (Å²) in [4.78, 5) is 23.7. The Kier molecular flexibility index (Phi) is 2.56. The number of carbonyl (C=O) groups is 2. The van der Waals surface area contributed by atoms with Crippen molar-refractivity contribution in [2.75, 3.05) is 10.6 Å². The first kappa shape index (κ1) is 7.67. The van der Waals surface area contributed by atoms with Gasteiger partial charge >= 0.3 is 0 Å². The van der Waals surface area contributed by atoms with Crippen LogP contribution in [0.15, 0.2) is 5.51 Å². The summed E-state index contributed by atoms with van der Waals surface area (Å²) in [7, 11) is 0. The summed E-state index contributed by atoms with van der Waals surface area (Å²) in [5, 5.41) is 5.27. The van der Waals surface area contributed by atoms with E-state index in [0.717, 1.165) is 0 Å². The van der Waals surface area contributed by atoms with Crippen molar-refractivity contribution in [1.29, 1.82) is 0 Å². The molecule has 0 saturated carbocycles. The van der Waals surface area contributed by atoms with Crippen LogP contribution in [0.25, 0.3) is 0 Å². The third-order valence-corrected chi connectivity index (χ3v) is 1.71. The van der Waals surface area contributed by atoms with Gasteiger partial charge in [0.2, 0.25) is 12.8 Å². The molecule has 11 heavy (non-hydrogen) atoms. The maximum Gasteiger partial charge on any atom is 0.212 e. The van der Waals surface area contributed by atoms with Crippen LogP contribution in [0.1, 0.15) is 0 Å². The number of nitrogens with zero attached hydrogens (tertiary/aromatic N) is 1. The first-order valence-corrected chi connectivity index (χ1v) is 3.60. The number of amides is 2. The SMILES string of the molecule is O=CNc1ncsc1NC=O. The van der Waals surface area contributed by atoms with Crippen LogP contribution in [0.2, 0.25) is 0 Å². The van der Waals surface area contributed by atoms with Crippen molar-refractivity contribution >= 4 is 35.0 Å². The molecule has 1 aromatic rings. The predicted molar refractivity (Wildman–Crippen MR) is 41.5 cm³/mol. The van der Waals surface area contributed by atoms with Crippen molar-refractivity contribution in [2.45, 2.75) is 0 Å². The Balaban J connectivity index is 2.76. The van der Waals surface area contributed by atoms with Crippen LogP contribution in [0, 0.1) is 0 Å². The molecule has 58 valence electrons. The number of aromatic nitrogens is 1. The predicted octanol–water partition coefficient (Wildman–Crippen LogP) is 0.280. The Labute approximate surface area is 66.4 Å². The monoisotopic (exact) mass is 171 g/mol. The van der Waals surface area contributed by atoms with Gasteiger partial charge in [0.25, 0.3) is 0 Å². The highest BCUT2D eigenvalue weighted by atomic mass is 32.1. The third kappa shape index (κ3) is 1.74. The van der Waals surface area contributed by atoms with Crippen LogP contribution in [0.5, 0.6) is 0 Å². The molecular formula is C5H5N3O2S. The average Bonchev–Trinajstić information content (AvgIpc) is 2.39. The lowest BCUT2D eigenvalue weighted by Crippen LogP contribution is -1.99. The number of hydrogen-bond donors (Lipinski definition) is 2. The van der Waals surface area contributed by atoms with Gasteiger partial charge in [0.05, 0.1) is 5.51 Å². The number of rotatable bonds is 4. The molecule has 0 aromatic carbocycles. The molecule has 0 aliphatic rings. The zero-order valence-electron chi connectivity index (χ0n) is 5.40. The van der Waals surface area contributed by atoms with Crippen LogP contribution in [0.4, 0.5) is 10.8 Å². The molecule has 0 aliphatic carbocycles. The van der Waals surface area contributed by atoms with Gasteiger partial charge in [-0.15, -0.1) is 11.3 Å². The molecule has 0 spiro atoms. The summed E-state index contributed by atoms with van der Waals surface area (Å²) < 4.78 is 0. The maximum absolute atomic E-state index is 9.98. The molecule has 6 heteroatoms. The van der Waals surface area contributed by atoms with Crippen LogP contribution >= 0.6 is 11.3 Å². The third-order valence-electron chi connectivity index (χ3n) is 0.953. The second-order valence-electron chi connectivity index (χ2n) is 1.55. The summed E-state index contributed by atoms with van der Waals surface area (Å²) in [5.41, 5.74) is 1.53. The van der Waals surface area contributed by atoms with E-state index < -0.39 is 0 Å². The van der Waals surface area contributed by atoms with Crippen molar-refractivity contribution in [3.63, 3.8) is 0 Å². The highest BCUT2D eigenvalue weighted by molar-refractivity contribution is 7.14. The highest BCUT2D eigenvalue weighted by Crippen LogP contribution is 2.23. The van der Waals surface area contributed by atoms with E-state index >= 15 is 0 Å². The summed E-state index contributed by atoms with van der Waals surface area (Å²) in [5.74, 6) is 0.372. The second-order valence-corrected chi connectivity index (χ2v) is 2.41. The Morgan fingerprint density at radius 3 is 2.73 bits per heavy atom. The Hall–Kier alpha value is -1.43. The molecule has 0 atom stereocenters. The number of carbonyl (C=O) groups excluding carboxylic acids is 2. The standard InChI is InChI=1S/C5H5N3O2S/c9-1-6-4-5(7-2-10)11-3-8-4/h1-3H,(H,6,9)(H,7,10). The first-order chi connectivity index (χ1) is 5.38. The minimum Gasteiger partial charge on any atom is -0.317 e. The molecule has 2 N–H and O–H groups in total. The van der Waals surface area contributed by atoms with E-state index in [4.69, 9.17) is 0 Å². The van der Waals surface area contributed by atoms with Crippen LogP contribution in [-0.2, 0) is 9.59 Å². The van der Waals surface area contributed by atoms with Crippen LogP contribution in [0.3, 0.4) is 0 Å². The minimum absolute atomic E-state index is 0.372. The lowest BCUT2D eigenvalue weighted by atomic mass is 10.7. The number of thiazole rings is 1. The van der Waals surface area contributed by atoms with Crippen molar-refractivity contribution in [1.82, 2.24) is 4.98 Å². The topological polar surface area (TPSA) is 71.1 Å². The number of anilines is 2. The zero-order valence-corrected chi connectivity index (χ0v) is 6.22. The van der Waals surface area contributed by atoms with E-state index in [1.165, 1.54) is 16.8 Å². The van der Waals surface area contributed by atoms with Gasteiger partial charge in [-0.25, -0.2) is 4.98 Å². The Morgan fingerprint density at radius 2 is 2.09 bits per heavy atom. The number of hydrogen-bond acceptors (Lipinski definition) is 4. The van der Waals surface area contributed by atoms with Crippen LogP contribution in [-0.4, -0.2) is 17.8 Å². The van der Waals surface area contributed by atoms with Gasteiger partial charge in [-0.2, -0.15) is 0 Å². The fourth-order valence-electron chi connectivity index (χ4n) is 0.561. The first-order valence-electron chi connectivity index (χ1n) is 2.72. The molecule has 0 bridgehead atoms. The lowest BCUT2D eigenvalue weighted by Gasteiger charge is -1.95. The lowest BCUT2D eigenvalue weighted by molar-refractivity contribution is -0.106.